The van der Waals surface area contributed by atoms with Crippen molar-refractivity contribution < 1.29 is 19.0 Å². The first-order valence-corrected chi connectivity index (χ1v) is 6.21. The molecule has 1 heterocycles. The van der Waals surface area contributed by atoms with Gasteiger partial charge in [0.2, 0.25) is 17.5 Å². The largest absolute Gasteiger partial charge is 0.482 e. The highest BCUT2D eigenvalue weighted by molar-refractivity contribution is 6.32. The molecule has 21 heavy (non-hydrogen) atoms. The molecule has 2 rings (SSSR count). The zero-order chi connectivity index (χ0) is 15.2. The van der Waals surface area contributed by atoms with Crippen molar-refractivity contribution in [1.29, 1.82) is 0 Å². The maximum Gasteiger partial charge on any atom is 0.263 e. The van der Waals surface area contributed by atoms with Gasteiger partial charge in [0.1, 0.15) is 5.75 Å². The van der Waals surface area contributed by atoms with Crippen LogP contribution in [0, 0.1) is 0 Å². The van der Waals surface area contributed by atoms with Gasteiger partial charge in [-0.3, -0.25) is 9.59 Å². The molecule has 0 bridgehead atoms. The Balaban J connectivity index is 1.92. The minimum Gasteiger partial charge on any atom is -0.482 e. The maximum atomic E-state index is 11.7. The first-order valence-electron chi connectivity index (χ1n) is 5.83. The lowest BCUT2D eigenvalue weighted by Crippen LogP contribution is -2.21. The smallest absolute Gasteiger partial charge is 0.263 e. The summed E-state index contributed by atoms with van der Waals surface area (Å²) in [5, 5.41) is 12.1. The molecule has 1 aromatic carbocycles. The third-order valence-corrected chi connectivity index (χ3v) is 2.55. The third-order valence-electron chi connectivity index (χ3n) is 2.24. The molecule has 110 valence electrons. The Morgan fingerprint density at radius 2 is 1.90 bits per heavy atom. The van der Waals surface area contributed by atoms with E-state index < -0.39 is 5.91 Å². The number of para-hydroxylation sites is 1. The van der Waals surface area contributed by atoms with Gasteiger partial charge in [0.15, 0.2) is 6.61 Å². The zero-order valence-electron chi connectivity index (χ0n) is 10.9. The highest BCUT2D eigenvalue weighted by Crippen LogP contribution is 2.23. The molecular formula is C12H11ClN4O4. The van der Waals surface area contributed by atoms with E-state index in [1.807, 2.05) is 0 Å². The molecule has 0 radical (unpaired) electrons. The van der Waals surface area contributed by atoms with E-state index in [1.165, 1.54) is 6.92 Å². The molecule has 0 aliphatic heterocycles. The minimum absolute atomic E-state index is 0.00189. The van der Waals surface area contributed by atoms with Crippen LogP contribution in [-0.2, 0) is 9.59 Å². The van der Waals surface area contributed by atoms with E-state index in [2.05, 4.69) is 25.6 Å². The quantitative estimate of drug-likeness (QED) is 0.870. The predicted octanol–water partition coefficient (Wildman–Crippen LogP) is 1.70. The monoisotopic (exact) mass is 310 g/mol. The molecular weight excluding hydrogens is 300 g/mol. The average Bonchev–Trinajstić information content (AvgIpc) is 2.84. The van der Waals surface area contributed by atoms with Crippen LogP contribution < -0.4 is 15.4 Å². The number of hydrogen-bond acceptors (Lipinski definition) is 6. The number of ether oxygens (including phenoxy) is 1. The van der Waals surface area contributed by atoms with E-state index >= 15 is 0 Å². The molecule has 0 aliphatic rings. The lowest BCUT2D eigenvalue weighted by Gasteiger charge is -2.07. The molecule has 0 saturated heterocycles. The summed E-state index contributed by atoms with van der Waals surface area (Å²) >= 11 is 5.89. The summed E-state index contributed by atoms with van der Waals surface area (Å²) in [5.41, 5.74) is 0. The van der Waals surface area contributed by atoms with Gasteiger partial charge >= 0.3 is 0 Å². The number of benzene rings is 1. The molecule has 0 atom stereocenters. The van der Waals surface area contributed by atoms with Gasteiger partial charge in [-0.15, -0.1) is 0 Å². The Kier molecular flexibility index (Phi) is 4.72. The number of anilines is 2. The fourth-order valence-electron chi connectivity index (χ4n) is 1.39. The zero-order valence-corrected chi connectivity index (χ0v) is 11.7. The summed E-state index contributed by atoms with van der Waals surface area (Å²) in [6, 6.07) is 6.76. The van der Waals surface area contributed by atoms with Crippen molar-refractivity contribution in [1.82, 2.24) is 10.3 Å². The number of carbonyl (C=O) groups excluding carboxylic acids is 2. The van der Waals surface area contributed by atoms with E-state index in [9.17, 15) is 9.59 Å². The van der Waals surface area contributed by atoms with Gasteiger partial charge in [-0.25, -0.2) is 4.63 Å². The van der Waals surface area contributed by atoms with Crippen molar-refractivity contribution in [3.05, 3.63) is 29.3 Å². The summed E-state index contributed by atoms with van der Waals surface area (Å²) in [7, 11) is 0. The van der Waals surface area contributed by atoms with Gasteiger partial charge < -0.3 is 15.4 Å². The second kappa shape index (κ2) is 6.71. The number of carbonyl (C=O) groups is 2. The molecule has 0 saturated carbocycles. The highest BCUT2D eigenvalue weighted by Gasteiger charge is 2.14. The van der Waals surface area contributed by atoms with Crippen LogP contribution in [-0.4, -0.2) is 28.7 Å². The first-order chi connectivity index (χ1) is 10.1. The molecule has 1 aromatic heterocycles. The Bertz CT molecular complexity index is 658. The Morgan fingerprint density at radius 3 is 2.57 bits per heavy atom. The number of amides is 2. The highest BCUT2D eigenvalue weighted by atomic mass is 35.5. The van der Waals surface area contributed by atoms with Gasteiger partial charge in [0, 0.05) is 6.92 Å². The van der Waals surface area contributed by atoms with E-state index in [0.29, 0.717) is 10.8 Å². The number of nitrogens with one attached hydrogen (secondary N) is 2. The molecule has 0 unspecified atom stereocenters. The minimum atomic E-state index is -0.503. The standard InChI is InChI=1S/C12H11ClN4O4/c1-7(18)14-11-12(17-21-16-11)15-10(19)6-20-9-5-3-2-4-8(9)13/h2-5H,6H2,1H3,(H,14,16,18)(H,15,17,19). The average molecular weight is 311 g/mol. The number of hydrogen-bond donors (Lipinski definition) is 2. The van der Waals surface area contributed by atoms with Crippen molar-refractivity contribution in [2.75, 3.05) is 17.2 Å². The summed E-state index contributed by atoms with van der Waals surface area (Å²) in [4.78, 5) is 22.7. The number of aromatic nitrogens is 2. The van der Waals surface area contributed by atoms with Crippen LogP contribution in [0.3, 0.4) is 0 Å². The number of halogens is 1. The second-order valence-electron chi connectivity index (χ2n) is 3.91. The fourth-order valence-corrected chi connectivity index (χ4v) is 1.58. The topological polar surface area (TPSA) is 106 Å². The van der Waals surface area contributed by atoms with Crippen LogP contribution in [0.1, 0.15) is 6.92 Å². The summed E-state index contributed by atoms with van der Waals surface area (Å²) < 4.78 is 9.70. The van der Waals surface area contributed by atoms with Gasteiger partial charge in [-0.1, -0.05) is 23.7 Å². The van der Waals surface area contributed by atoms with Crippen molar-refractivity contribution in [3.8, 4) is 5.75 Å². The Morgan fingerprint density at radius 1 is 1.24 bits per heavy atom. The number of rotatable bonds is 5. The predicted molar refractivity (Wildman–Crippen MR) is 74.2 cm³/mol. The lowest BCUT2D eigenvalue weighted by molar-refractivity contribution is -0.118. The van der Waals surface area contributed by atoms with Gasteiger partial charge in [-0.2, -0.15) is 0 Å². The van der Waals surface area contributed by atoms with Crippen molar-refractivity contribution >= 4 is 35.1 Å². The fraction of sp³-hybridized carbons (Fsp3) is 0.167. The van der Waals surface area contributed by atoms with E-state index in [1.54, 1.807) is 24.3 Å². The van der Waals surface area contributed by atoms with Crippen LogP contribution >= 0.6 is 11.6 Å². The molecule has 2 amide bonds. The van der Waals surface area contributed by atoms with Crippen LogP contribution in [0.4, 0.5) is 11.6 Å². The Labute approximate surface area is 124 Å². The summed E-state index contributed by atoms with van der Waals surface area (Å²) in [5.74, 6) is -0.466. The SMILES string of the molecule is CC(=O)Nc1nonc1NC(=O)COc1ccccc1Cl. The van der Waals surface area contributed by atoms with E-state index in [4.69, 9.17) is 16.3 Å². The third kappa shape index (κ3) is 4.18. The molecule has 9 heteroatoms. The van der Waals surface area contributed by atoms with Crippen LogP contribution in [0.2, 0.25) is 5.02 Å². The van der Waals surface area contributed by atoms with Crippen LogP contribution in [0.5, 0.6) is 5.75 Å². The van der Waals surface area contributed by atoms with Crippen LogP contribution in [0.25, 0.3) is 0 Å². The molecule has 0 fully saturated rings. The van der Waals surface area contributed by atoms with Gasteiger partial charge in [0.05, 0.1) is 5.02 Å². The molecule has 2 N–H and O–H groups in total. The molecule has 2 aromatic rings. The normalized spacial score (nSPS) is 10.0. The summed E-state index contributed by atoms with van der Waals surface area (Å²) in [6.45, 7) is 1.01. The summed E-state index contributed by atoms with van der Waals surface area (Å²) in [6.07, 6.45) is 0. The number of nitrogens with zero attached hydrogens (tertiary/aromatic N) is 2. The van der Waals surface area contributed by atoms with E-state index in [-0.39, 0.29) is 24.1 Å². The second-order valence-corrected chi connectivity index (χ2v) is 4.32. The van der Waals surface area contributed by atoms with Gasteiger partial charge in [0.25, 0.3) is 5.91 Å². The Hall–Kier alpha value is -2.61. The lowest BCUT2D eigenvalue weighted by atomic mass is 10.3. The van der Waals surface area contributed by atoms with Gasteiger partial charge in [-0.05, 0) is 22.4 Å². The molecule has 0 aliphatic carbocycles. The van der Waals surface area contributed by atoms with Crippen LogP contribution in [0.15, 0.2) is 28.9 Å². The van der Waals surface area contributed by atoms with E-state index in [0.717, 1.165) is 0 Å². The van der Waals surface area contributed by atoms with Crippen molar-refractivity contribution in [3.63, 3.8) is 0 Å². The maximum absolute atomic E-state index is 11.7. The first kappa shape index (κ1) is 14.8. The molecule has 0 spiro atoms. The molecule has 8 nitrogen and oxygen atoms in total. The van der Waals surface area contributed by atoms with Crippen molar-refractivity contribution in [2.45, 2.75) is 6.92 Å². The van der Waals surface area contributed by atoms with Crippen molar-refractivity contribution in [2.24, 2.45) is 0 Å².